The number of hydrogen-bond acceptors (Lipinski definition) is 1. The zero-order valence-electron chi connectivity index (χ0n) is 7.69. The third-order valence-electron chi connectivity index (χ3n) is 1.77. The van der Waals surface area contributed by atoms with Gasteiger partial charge < -0.3 is 0 Å². The Morgan fingerprint density at radius 2 is 1.86 bits per heavy atom. The van der Waals surface area contributed by atoms with Gasteiger partial charge in [-0.05, 0) is 12.0 Å². The van der Waals surface area contributed by atoms with E-state index in [0.29, 0.717) is 11.9 Å². The van der Waals surface area contributed by atoms with Gasteiger partial charge in [-0.2, -0.15) is 13.2 Å². The SMILES string of the molecule is CC(C)c1cc(F)c(C(F)(F)F)cn1. The van der Waals surface area contributed by atoms with Crippen LogP contribution in [0.1, 0.15) is 31.0 Å². The quantitative estimate of drug-likeness (QED) is 0.643. The molecule has 0 atom stereocenters. The summed E-state index contributed by atoms with van der Waals surface area (Å²) in [5.41, 5.74) is -1.00. The first-order chi connectivity index (χ1) is 6.32. The number of hydrogen-bond donors (Lipinski definition) is 0. The van der Waals surface area contributed by atoms with E-state index in [0.717, 1.165) is 6.07 Å². The highest BCUT2D eigenvalue weighted by atomic mass is 19.4. The molecular formula is C9H9F4N. The van der Waals surface area contributed by atoms with Gasteiger partial charge in [0.05, 0.1) is 0 Å². The molecule has 0 N–H and O–H groups in total. The van der Waals surface area contributed by atoms with E-state index in [1.54, 1.807) is 13.8 Å². The molecule has 0 amide bonds. The van der Waals surface area contributed by atoms with E-state index in [-0.39, 0.29) is 5.92 Å². The Bertz CT molecular complexity index is 330. The Labute approximate surface area is 78.8 Å². The second-order valence-electron chi connectivity index (χ2n) is 3.24. The zero-order chi connectivity index (χ0) is 10.9. The maximum atomic E-state index is 12.9. The van der Waals surface area contributed by atoms with Crippen LogP contribution < -0.4 is 0 Å². The van der Waals surface area contributed by atoms with Crippen molar-refractivity contribution >= 4 is 0 Å². The number of rotatable bonds is 1. The van der Waals surface area contributed by atoms with Gasteiger partial charge in [-0.15, -0.1) is 0 Å². The molecule has 0 radical (unpaired) electrons. The summed E-state index contributed by atoms with van der Waals surface area (Å²) < 4.78 is 49.3. The molecule has 0 unspecified atom stereocenters. The topological polar surface area (TPSA) is 12.9 Å². The van der Waals surface area contributed by atoms with Crippen molar-refractivity contribution in [2.45, 2.75) is 25.9 Å². The predicted octanol–water partition coefficient (Wildman–Crippen LogP) is 3.36. The van der Waals surface area contributed by atoms with E-state index >= 15 is 0 Å². The van der Waals surface area contributed by atoms with Crippen LogP contribution in [0.4, 0.5) is 17.6 Å². The van der Waals surface area contributed by atoms with Gasteiger partial charge in [0.15, 0.2) is 0 Å². The molecule has 0 aliphatic rings. The third kappa shape index (κ3) is 2.21. The van der Waals surface area contributed by atoms with Gasteiger partial charge in [0.2, 0.25) is 0 Å². The van der Waals surface area contributed by atoms with Crippen LogP contribution >= 0.6 is 0 Å². The van der Waals surface area contributed by atoms with E-state index < -0.39 is 17.6 Å². The van der Waals surface area contributed by atoms with Crippen molar-refractivity contribution in [1.82, 2.24) is 4.98 Å². The molecule has 0 aromatic carbocycles. The van der Waals surface area contributed by atoms with Gasteiger partial charge in [-0.3, -0.25) is 4.98 Å². The first-order valence-electron chi connectivity index (χ1n) is 4.05. The van der Waals surface area contributed by atoms with Crippen molar-refractivity contribution in [2.75, 3.05) is 0 Å². The van der Waals surface area contributed by atoms with Crippen molar-refractivity contribution < 1.29 is 17.6 Å². The predicted molar refractivity (Wildman–Crippen MR) is 43.3 cm³/mol. The maximum absolute atomic E-state index is 12.9. The first kappa shape index (κ1) is 10.9. The van der Waals surface area contributed by atoms with Crippen molar-refractivity contribution in [2.24, 2.45) is 0 Å². The average Bonchev–Trinajstić information content (AvgIpc) is 2.01. The van der Waals surface area contributed by atoms with Crippen molar-refractivity contribution in [3.8, 4) is 0 Å². The largest absolute Gasteiger partial charge is 0.420 e. The Kier molecular flexibility index (Phi) is 2.78. The average molecular weight is 207 g/mol. The van der Waals surface area contributed by atoms with Gasteiger partial charge in [0.1, 0.15) is 11.4 Å². The van der Waals surface area contributed by atoms with E-state index in [9.17, 15) is 17.6 Å². The Balaban J connectivity index is 3.15. The minimum atomic E-state index is -4.67. The maximum Gasteiger partial charge on any atom is 0.420 e. The first-order valence-corrected chi connectivity index (χ1v) is 4.05. The standard InChI is InChI=1S/C9H9F4N/c1-5(2)8-3-7(10)6(4-14-8)9(11,12)13/h3-5H,1-2H3. The highest BCUT2D eigenvalue weighted by Crippen LogP contribution is 2.31. The lowest BCUT2D eigenvalue weighted by Gasteiger charge is -2.09. The number of pyridine rings is 1. The van der Waals surface area contributed by atoms with E-state index in [1.807, 2.05) is 0 Å². The van der Waals surface area contributed by atoms with Crippen molar-refractivity contribution in [3.05, 3.63) is 29.3 Å². The van der Waals surface area contributed by atoms with Gasteiger partial charge in [0.25, 0.3) is 0 Å². The van der Waals surface area contributed by atoms with Crippen LogP contribution in [-0.4, -0.2) is 4.98 Å². The summed E-state index contributed by atoms with van der Waals surface area (Å²) in [5, 5.41) is 0. The molecule has 1 aromatic heterocycles. The molecule has 0 saturated heterocycles. The van der Waals surface area contributed by atoms with Crippen LogP contribution in [-0.2, 0) is 6.18 Å². The number of aromatic nitrogens is 1. The molecular weight excluding hydrogens is 198 g/mol. The second-order valence-corrected chi connectivity index (χ2v) is 3.24. The summed E-state index contributed by atoms with van der Waals surface area (Å²) in [6, 6.07) is 0.827. The molecule has 14 heavy (non-hydrogen) atoms. The van der Waals surface area contributed by atoms with E-state index in [2.05, 4.69) is 4.98 Å². The smallest absolute Gasteiger partial charge is 0.260 e. The summed E-state index contributed by atoms with van der Waals surface area (Å²) in [7, 11) is 0. The summed E-state index contributed by atoms with van der Waals surface area (Å²) in [6.45, 7) is 3.46. The molecule has 0 bridgehead atoms. The zero-order valence-corrected chi connectivity index (χ0v) is 7.69. The van der Waals surface area contributed by atoms with Crippen molar-refractivity contribution in [3.63, 3.8) is 0 Å². The summed E-state index contributed by atoms with van der Waals surface area (Å²) in [6.07, 6.45) is -4.14. The second kappa shape index (κ2) is 3.55. The minimum Gasteiger partial charge on any atom is -0.260 e. The molecule has 1 aromatic rings. The molecule has 78 valence electrons. The monoisotopic (exact) mass is 207 g/mol. The van der Waals surface area contributed by atoms with E-state index in [4.69, 9.17) is 0 Å². The highest BCUT2D eigenvalue weighted by Gasteiger charge is 2.34. The molecule has 0 saturated carbocycles. The Hall–Kier alpha value is -1.13. The highest BCUT2D eigenvalue weighted by molar-refractivity contribution is 5.20. The fourth-order valence-corrected chi connectivity index (χ4v) is 0.970. The Morgan fingerprint density at radius 1 is 1.29 bits per heavy atom. The van der Waals surface area contributed by atoms with Crippen LogP contribution in [0.3, 0.4) is 0 Å². The van der Waals surface area contributed by atoms with Crippen molar-refractivity contribution in [1.29, 1.82) is 0 Å². The van der Waals surface area contributed by atoms with E-state index in [1.165, 1.54) is 0 Å². The fourth-order valence-electron chi connectivity index (χ4n) is 0.970. The molecule has 5 heteroatoms. The lowest BCUT2D eigenvalue weighted by Crippen LogP contribution is -2.10. The molecule has 0 aliphatic heterocycles. The molecule has 0 fully saturated rings. The number of halogens is 4. The van der Waals surface area contributed by atoms with Crippen LogP contribution in [0.25, 0.3) is 0 Å². The molecule has 1 heterocycles. The fraction of sp³-hybridized carbons (Fsp3) is 0.444. The van der Waals surface area contributed by atoms with Crippen LogP contribution in [0, 0.1) is 5.82 Å². The molecule has 1 rings (SSSR count). The normalized spacial score (nSPS) is 12.2. The molecule has 0 spiro atoms. The number of nitrogens with zero attached hydrogens (tertiary/aromatic N) is 1. The van der Waals surface area contributed by atoms with Crippen LogP contribution in [0.15, 0.2) is 12.3 Å². The lowest BCUT2D eigenvalue weighted by molar-refractivity contribution is -0.140. The van der Waals surface area contributed by atoms with Gasteiger partial charge in [-0.25, -0.2) is 4.39 Å². The number of alkyl halides is 3. The summed E-state index contributed by atoms with van der Waals surface area (Å²) >= 11 is 0. The van der Waals surface area contributed by atoms with Gasteiger partial charge >= 0.3 is 6.18 Å². The van der Waals surface area contributed by atoms with Crippen LogP contribution in [0.2, 0.25) is 0 Å². The Morgan fingerprint density at radius 3 is 2.21 bits per heavy atom. The minimum absolute atomic E-state index is 0.0909. The lowest BCUT2D eigenvalue weighted by atomic mass is 10.1. The van der Waals surface area contributed by atoms with Crippen LogP contribution in [0.5, 0.6) is 0 Å². The summed E-state index contributed by atoms with van der Waals surface area (Å²) in [5.74, 6) is -1.36. The summed E-state index contributed by atoms with van der Waals surface area (Å²) in [4.78, 5) is 3.55. The molecule has 0 aliphatic carbocycles. The van der Waals surface area contributed by atoms with Gasteiger partial charge in [0, 0.05) is 11.9 Å². The van der Waals surface area contributed by atoms with Gasteiger partial charge in [-0.1, -0.05) is 13.8 Å². The third-order valence-corrected chi connectivity index (χ3v) is 1.77. The molecule has 1 nitrogen and oxygen atoms in total.